The van der Waals surface area contributed by atoms with Gasteiger partial charge in [0.15, 0.2) is 0 Å². The molecule has 0 saturated carbocycles. The summed E-state index contributed by atoms with van der Waals surface area (Å²) in [6.45, 7) is 5.13. The molecule has 0 aromatic rings. The Morgan fingerprint density at radius 2 is 1.32 bits per heavy atom. The van der Waals surface area contributed by atoms with E-state index >= 15 is 0 Å². The van der Waals surface area contributed by atoms with Crippen LogP contribution in [0.15, 0.2) is 0 Å². The molecule has 0 aliphatic rings. The lowest BCUT2D eigenvalue weighted by Gasteiger charge is -2.07. The Morgan fingerprint density at radius 3 is 1.91 bits per heavy atom. The maximum Gasteiger partial charge on any atom is 0.305 e. The molecule has 0 aliphatic carbocycles. The SMILES string of the molecule is CCCCCCCC(=O)OCCOCCOCCOCCO. The summed E-state index contributed by atoms with van der Waals surface area (Å²) in [5, 5.41) is 8.49. The average molecular weight is 320 g/mol. The lowest BCUT2D eigenvalue weighted by Crippen LogP contribution is -2.14. The first-order valence-corrected chi connectivity index (χ1v) is 8.31. The van der Waals surface area contributed by atoms with Gasteiger partial charge in [-0.15, -0.1) is 0 Å². The minimum atomic E-state index is -0.141. The van der Waals surface area contributed by atoms with Gasteiger partial charge in [0.1, 0.15) is 6.61 Å². The number of esters is 1. The fourth-order valence-electron chi connectivity index (χ4n) is 1.77. The largest absolute Gasteiger partial charge is 0.463 e. The van der Waals surface area contributed by atoms with E-state index in [-0.39, 0.29) is 12.6 Å². The number of unbranched alkanes of at least 4 members (excludes halogenated alkanes) is 4. The minimum absolute atomic E-state index is 0.0283. The predicted octanol–water partition coefficient (Wildman–Crippen LogP) is 1.93. The second-order valence-corrected chi connectivity index (χ2v) is 4.95. The van der Waals surface area contributed by atoms with Crippen molar-refractivity contribution in [3.8, 4) is 0 Å². The normalized spacial score (nSPS) is 10.8. The molecule has 0 aromatic carbocycles. The predicted molar refractivity (Wildman–Crippen MR) is 83.9 cm³/mol. The van der Waals surface area contributed by atoms with Crippen molar-refractivity contribution in [1.29, 1.82) is 0 Å². The van der Waals surface area contributed by atoms with Gasteiger partial charge in [-0.05, 0) is 6.42 Å². The number of hydrogen-bond acceptors (Lipinski definition) is 6. The van der Waals surface area contributed by atoms with Crippen molar-refractivity contribution in [2.45, 2.75) is 45.4 Å². The van der Waals surface area contributed by atoms with E-state index in [2.05, 4.69) is 6.92 Å². The summed E-state index contributed by atoms with van der Waals surface area (Å²) >= 11 is 0. The Morgan fingerprint density at radius 1 is 0.773 bits per heavy atom. The van der Waals surface area contributed by atoms with E-state index in [1.807, 2.05) is 0 Å². The zero-order valence-corrected chi connectivity index (χ0v) is 13.9. The molecular weight excluding hydrogens is 288 g/mol. The number of aliphatic hydroxyl groups is 1. The van der Waals surface area contributed by atoms with Crippen molar-refractivity contribution in [2.75, 3.05) is 52.9 Å². The molecule has 6 heteroatoms. The lowest BCUT2D eigenvalue weighted by molar-refractivity contribution is -0.145. The van der Waals surface area contributed by atoms with E-state index in [4.69, 9.17) is 24.1 Å². The summed E-state index contributed by atoms with van der Waals surface area (Å²) in [5.41, 5.74) is 0. The van der Waals surface area contributed by atoms with Crippen LogP contribution in [0.4, 0.5) is 0 Å². The first-order chi connectivity index (χ1) is 10.8. The van der Waals surface area contributed by atoms with Gasteiger partial charge in [0.25, 0.3) is 0 Å². The third-order valence-corrected chi connectivity index (χ3v) is 2.95. The van der Waals surface area contributed by atoms with Gasteiger partial charge in [-0.2, -0.15) is 0 Å². The van der Waals surface area contributed by atoms with Crippen LogP contribution in [0.5, 0.6) is 0 Å². The lowest BCUT2D eigenvalue weighted by atomic mass is 10.1. The van der Waals surface area contributed by atoms with E-state index in [0.717, 1.165) is 12.8 Å². The van der Waals surface area contributed by atoms with E-state index in [0.29, 0.717) is 52.7 Å². The zero-order chi connectivity index (χ0) is 16.3. The van der Waals surface area contributed by atoms with Gasteiger partial charge in [-0.1, -0.05) is 32.6 Å². The van der Waals surface area contributed by atoms with Gasteiger partial charge in [0.05, 0.1) is 46.2 Å². The van der Waals surface area contributed by atoms with Gasteiger partial charge < -0.3 is 24.1 Å². The van der Waals surface area contributed by atoms with Crippen molar-refractivity contribution in [1.82, 2.24) is 0 Å². The molecule has 0 heterocycles. The Kier molecular flexibility index (Phi) is 17.8. The maximum absolute atomic E-state index is 11.4. The Bertz CT molecular complexity index is 235. The molecule has 0 rings (SSSR count). The maximum atomic E-state index is 11.4. The highest BCUT2D eigenvalue weighted by Crippen LogP contribution is 2.05. The second kappa shape index (κ2) is 18.4. The van der Waals surface area contributed by atoms with Crippen LogP contribution in [0.3, 0.4) is 0 Å². The molecule has 0 bridgehead atoms. The first kappa shape index (κ1) is 21.3. The molecule has 0 unspecified atom stereocenters. The van der Waals surface area contributed by atoms with Gasteiger partial charge >= 0.3 is 5.97 Å². The first-order valence-electron chi connectivity index (χ1n) is 8.31. The summed E-state index contributed by atoms with van der Waals surface area (Å²) in [5.74, 6) is -0.141. The third kappa shape index (κ3) is 17.4. The van der Waals surface area contributed by atoms with E-state index in [1.165, 1.54) is 19.3 Å². The molecule has 22 heavy (non-hydrogen) atoms. The highest BCUT2D eigenvalue weighted by atomic mass is 16.6. The molecule has 0 atom stereocenters. The van der Waals surface area contributed by atoms with Crippen LogP contribution in [0.25, 0.3) is 0 Å². The Labute approximate surface area is 134 Å². The standard InChI is InChI=1S/C16H32O6/c1-2-3-4-5-6-7-16(18)22-15-14-21-13-12-20-11-10-19-9-8-17/h17H,2-15H2,1H3. The number of carbonyl (C=O) groups is 1. The third-order valence-electron chi connectivity index (χ3n) is 2.95. The molecule has 0 aliphatic heterocycles. The Balaban J connectivity index is 3.10. The summed E-state index contributed by atoms with van der Waals surface area (Å²) < 4.78 is 20.6. The topological polar surface area (TPSA) is 74.2 Å². The number of ether oxygens (including phenoxy) is 4. The van der Waals surface area contributed by atoms with E-state index in [1.54, 1.807) is 0 Å². The van der Waals surface area contributed by atoms with Crippen molar-refractivity contribution < 1.29 is 28.8 Å². The number of carbonyl (C=O) groups excluding carboxylic acids is 1. The monoisotopic (exact) mass is 320 g/mol. The Hall–Kier alpha value is -0.690. The summed E-state index contributed by atoms with van der Waals surface area (Å²) in [6, 6.07) is 0. The van der Waals surface area contributed by atoms with E-state index < -0.39 is 0 Å². The fourth-order valence-corrected chi connectivity index (χ4v) is 1.77. The number of rotatable bonds is 17. The van der Waals surface area contributed by atoms with Crippen molar-refractivity contribution in [2.24, 2.45) is 0 Å². The highest BCUT2D eigenvalue weighted by Gasteiger charge is 2.02. The molecule has 0 spiro atoms. The van der Waals surface area contributed by atoms with Gasteiger partial charge in [0.2, 0.25) is 0 Å². The van der Waals surface area contributed by atoms with Crippen molar-refractivity contribution in [3.63, 3.8) is 0 Å². The average Bonchev–Trinajstić information content (AvgIpc) is 2.52. The second-order valence-electron chi connectivity index (χ2n) is 4.95. The van der Waals surface area contributed by atoms with Crippen LogP contribution < -0.4 is 0 Å². The number of hydrogen-bond donors (Lipinski definition) is 1. The van der Waals surface area contributed by atoms with Crippen LogP contribution in [0.2, 0.25) is 0 Å². The number of aliphatic hydroxyl groups excluding tert-OH is 1. The smallest absolute Gasteiger partial charge is 0.305 e. The summed E-state index contributed by atoms with van der Waals surface area (Å²) in [4.78, 5) is 11.4. The van der Waals surface area contributed by atoms with Gasteiger partial charge in [-0.3, -0.25) is 4.79 Å². The summed E-state index contributed by atoms with van der Waals surface area (Å²) in [6.07, 6.45) is 6.14. The van der Waals surface area contributed by atoms with Crippen molar-refractivity contribution in [3.05, 3.63) is 0 Å². The molecule has 132 valence electrons. The van der Waals surface area contributed by atoms with Crippen LogP contribution in [0.1, 0.15) is 45.4 Å². The molecule has 0 amide bonds. The molecule has 0 aromatic heterocycles. The highest BCUT2D eigenvalue weighted by molar-refractivity contribution is 5.69. The summed E-state index contributed by atoms with van der Waals surface area (Å²) in [7, 11) is 0. The minimum Gasteiger partial charge on any atom is -0.463 e. The quantitative estimate of drug-likeness (QED) is 0.326. The van der Waals surface area contributed by atoms with Crippen LogP contribution >= 0.6 is 0 Å². The fraction of sp³-hybridized carbons (Fsp3) is 0.938. The van der Waals surface area contributed by atoms with E-state index in [9.17, 15) is 4.79 Å². The molecule has 1 N–H and O–H groups in total. The molecule has 0 saturated heterocycles. The van der Waals surface area contributed by atoms with Gasteiger partial charge in [-0.25, -0.2) is 0 Å². The molecule has 0 fully saturated rings. The van der Waals surface area contributed by atoms with Crippen LogP contribution in [-0.2, 0) is 23.7 Å². The zero-order valence-electron chi connectivity index (χ0n) is 13.9. The van der Waals surface area contributed by atoms with Gasteiger partial charge in [0, 0.05) is 6.42 Å². The van der Waals surface area contributed by atoms with Crippen LogP contribution in [-0.4, -0.2) is 63.9 Å². The molecule has 0 radical (unpaired) electrons. The molecular formula is C16H32O6. The van der Waals surface area contributed by atoms with Crippen LogP contribution in [0, 0.1) is 0 Å². The van der Waals surface area contributed by atoms with Crippen molar-refractivity contribution >= 4 is 5.97 Å². The molecule has 6 nitrogen and oxygen atoms in total.